The molecule has 0 unspecified atom stereocenters. The Labute approximate surface area is 175 Å². The van der Waals surface area contributed by atoms with E-state index >= 15 is 0 Å². The van der Waals surface area contributed by atoms with Crippen LogP contribution in [0.4, 0.5) is 15.9 Å². The Hall–Kier alpha value is -2.09. The number of hydrogen-bond donors (Lipinski definition) is 3. The molecule has 10 nitrogen and oxygen atoms in total. The van der Waals surface area contributed by atoms with E-state index in [1.165, 1.54) is 28.8 Å². The number of halogens is 2. The number of sulfonamides is 1. The van der Waals surface area contributed by atoms with Crippen LogP contribution in [-0.2, 0) is 10.0 Å². The van der Waals surface area contributed by atoms with Crippen molar-refractivity contribution in [1.29, 1.82) is 0 Å². The van der Waals surface area contributed by atoms with Gasteiger partial charge in [-0.15, -0.1) is 0 Å². The Morgan fingerprint density at radius 1 is 1.48 bits per heavy atom. The first-order valence-electron chi connectivity index (χ1n) is 8.73. The third kappa shape index (κ3) is 5.50. The summed E-state index contributed by atoms with van der Waals surface area (Å²) in [6.07, 6.45) is 2.84. The molecule has 1 fully saturated rings. The molecule has 29 heavy (non-hydrogen) atoms. The van der Waals surface area contributed by atoms with Crippen molar-refractivity contribution in [2.45, 2.75) is 12.8 Å². The summed E-state index contributed by atoms with van der Waals surface area (Å²) in [4.78, 5) is 4.19. The normalized spacial score (nSPS) is 18.6. The second kappa shape index (κ2) is 9.15. The molecule has 0 radical (unpaired) electrons. The predicted molar refractivity (Wildman–Crippen MR) is 107 cm³/mol. The number of aromatic nitrogens is 2. The van der Waals surface area contributed by atoms with Gasteiger partial charge in [0.1, 0.15) is 5.82 Å². The van der Waals surface area contributed by atoms with Crippen LogP contribution in [0.2, 0.25) is 0 Å². The van der Waals surface area contributed by atoms with E-state index < -0.39 is 15.8 Å². The van der Waals surface area contributed by atoms with Crippen LogP contribution in [0.5, 0.6) is 0 Å². The van der Waals surface area contributed by atoms with Gasteiger partial charge in [-0.3, -0.25) is 10.7 Å². The quantitative estimate of drug-likeness (QED) is 0.318. The van der Waals surface area contributed by atoms with Crippen molar-refractivity contribution >= 4 is 43.3 Å². The van der Waals surface area contributed by atoms with Gasteiger partial charge < -0.3 is 5.32 Å². The zero-order valence-electron chi connectivity index (χ0n) is 15.5. The molecule has 3 N–H and O–H groups in total. The first kappa shape index (κ1) is 21.6. The molecular formula is C16H20BrFN6O4S. The van der Waals surface area contributed by atoms with Crippen LogP contribution in [0.15, 0.2) is 32.3 Å². The fourth-order valence-electron chi connectivity index (χ4n) is 3.01. The van der Waals surface area contributed by atoms with E-state index in [1.807, 2.05) is 5.48 Å². The van der Waals surface area contributed by atoms with E-state index in [2.05, 4.69) is 36.6 Å². The van der Waals surface area contributed by atoms with E-state index in [4.69, 9.17) is 4.63 Å². The van der Waals surface area contributed by atoms with Crippen molar-refractivity contribution < 1.29 is 22.6 Å². The molecule has 1 saturated heterocycles. The van der Waals surface area contributed by atoms with Crippen LogP contribution in [0.3, 0.4) is 0 Å². The van der Waals surface area contributed by atoms with Gasteiger partial charge in [-0.05, 0) is 63.2 Å². The number of rotatable bonds is 6. The van der Waals surface area contributed by atoms with Crippen LogP contribution in [0.1, 0.15) is 18.5 Å². The van der Waals surface area contributed by atoms with Crippen molar-refractivity contribution in [3.05, 3.63) is 34.2 Å². The number of benzene rings is 1. The summed E-state index contributed by atoms with van der Waals surface area (Å²) >= 11 is 3.08. The van der Waals surface area contributed by atoms with Crippen molar-refractivity contribution in [2.75, 3.05) is 31.2 Å². The van der Waals surface area contributed by atoms with Crippen molar-refractivity contribution in [2.24, 2.45) is 10.9 Å². The van der Waals surface area contributed by atoms with E-state index in [0.29, 0.717) is 25.3 Å². The van der Waals surface area contributed by atoms with Gasteiger partial charge in [0.05, 0.1) is 16.4 Å². The van der Waals surface area contributed by atoms with Gasteiger partial charge in [0.15, 0.2) is 11.5 Å². The minimum atomic E-state index is -3.23. The molecule has 1 aliphatic heterocycles. The van der Waals surface area contributed by atoms with Crippen LogP contribution < -0.4 is 10.8 Å². The highest BCUT2D eigenvalue weighted by atomic mass is 79.9. The van der Waals surface area contributed by atoms with Gasteiger partial charge in [0, 0.05) is 19.6 Å². The van der Waals surface area contributed by atoms with Crippen LogP contribution in [0, 0.1) is 11.7 Å². The topological polar surface area (TPSA) is 133 Å². The van der Waals surface area contributed by atoms with Crippen LogP contribution >= 0.6 is 15.9 Å². The number of piperidine rings is 1. The average Bonchev–Trinajstić information content (AvgIpc) is 3.15. The SMILES string of the molecule is CS(=O)(=O)N1CCC[C@H](CNc2nonc2C(=Nc2ccc(F)c(Br)c2)NO)C1. The Kier molecular flexibility index (Phi) is 6.82. The molecule has 0 bridgehead atoms. The maximum atomic E-state index is 13.4. The predicted octanol–water partition coefficient (Wildman–Crippen LogP) is 2.11. The zero-order valence-corrected chi connectivity index (χ0v) is 17.9. The fraction of sp³-hybridized carbons (Fsp3) is 0.438. The van der Waals surface area contributed by atoms with Gasteiger partial charge in [-0.2, -0.15) is 0 Å². The van der Waals surface area contributed by atoms with Gasteiger partial charge in [0.2, 0.25) is 15.8 Å². The van der Waals surface area contributed by atoms with Gasteiger partial charge >= 0.3 is 0 Å². The summed E-state index contributed by atoms with van der Waals surface area (Å²) < 4.78 is 43.3. The molecule has 1 aromatic carbocycles. The summed E-state index contributed by atoms with van der Waals surface area (Å²) in [6.45, 7) is 1.37. The molecule has 2 heterocycles. The van der Waals surface area contributed by atoms with Crippen LogP contribution in [0.25, 0.3) is 0 Å². The summed E-state index contributed by atoms with van der Waals surface area (Å²) in [7, 11) is -3.23. The molecule has 13 heteroatoms. The maximum absolute atomic E-state index is 13.4. The molecule has 1 atom stereocenters. The van der Waals surface area contributed by atoms with Crippen molar-refractivity contribution in [1.82, 2.24) is 20.1 Å². The maximum Gasteiger partial charge on any atom is 0.211 e. The smallest absolute Gasteiger partial charge is 0.211 e. The average molecular weight is 491 g/mol. The molecule has 1 aromatic heterocycles. The standard InChI is InChI=1S/C16H20BrFN6O4S/c1-29(26,27)24-6-2-3-10(9-24)8-19-15-14(22-28-23-15)16(21-25)20-11-4-5-13(18)12(17)7-11/h4-5,7,10,25H,2-3,6,8-9H2,1H3,(H,19,23)(H,20,21)/t10-/m1/s1. The van der Waals surface area contributed by atoms with Gasteiger partial charge in [-0.1, -0.05) is 0 Å². The number of nitrogens with zero attached hydrogens (tertiary/aromatic N) is 4. The van der Waals surface area contributed by atoms with Crippen molar-refractivity contribution in [3.8, 4) is 0 Å². The molecule has 3 rings (SSSR count). The lowest BCUT2D eigenvalue weighted by atomic mass is 10.00. The number of hydrogen-bond acceptors (Lipinski definition) is 8. The first-order chi connectivity index (χ1) is 13.8. The highest BCUT2D eigenvalue weighted by molar-refractivity contribution is 9.10. The molecule has 2 aromatic rings. The van der Waals surface area contributed by atoms with Crippen molar-refractivity contribution in [3.63, 3.8) is 0 Å². The molecule has 0 spiro atoms. The highest BCUT2D eigenvalue weighted by Gasteiger charge is 2.26. The number of anilines is 1. The lowest BCUT2D eigenvalue weighted by Gasteiger charge is -2.30. The van der Waals surface area contributed by atoms with E-state index in [9.17, 15) is 18.0 Å². The summed E-state index contributed by atoms with van der Waals surface area (Å²) in [5.74, 6) is -0.168. The fourth-order valence-corrected chi connectivity index (χ4v) is 4.32. The van der Waals surface area contributed by atoms with Crippen LogP contribution in [-0.4, -0.2) is 60.0 Å². The summed E-state index contributed by atoms with van der Waals surface area (Å²) in [5.41, 5.74) is 2.43. The third-order valence-electron chi connectivity index (χ3n) is 4.47. The molecule has 0 saturated carbocycles. The first-order valence-corrected chi connectivity index (χ1v) is 11.4. The number of aliphatic imine (C=N–C) groups is 1. The molecular weight excluding hydrogens is 471 g/mol. The second-order valence-corrected chi connectivity index (χ2v) is 9.48. The molecule has 0 amide bonds. The Balaban J connectivity index is 1.72. The number of amidine groups is 1. The monoisotopic (exact) mass is 490 g/mol. The van der Waals surface area contributed by atoms with E-state index in [1.54, 1.807) is 0 Å². The lowest BCUT2D eigenvalue weighted by molar-refractivity contribution is 0.234. The largest absolute Gasteiger partial charge is 0.365 e. The molecule has 158 valence electrons. The molecule has 0 aliphatic carbocycles. The summed E-state index contributed by atoms with van der Waals surface area (Å²) in [5, 5.41) is 20.1. The molecule has 1 aliphatic rings. The highest BCUT2D eigenvalue weighted by Crippen LogP contribution is 2.24. The minimum Gasteiger partial charge on any atom is -0.365 e. The lowest BCUT2D eigenvalue weighted by Crippen LogP contribution is -2.41. The minimum absolute atomic E-state index is 0.0475. The van der Waals surface area contributed by atoms with Gasteiger partial charge in [-0.25, -0.2) is 26.7 Å². The van der Waals surface area contributed by atoms with E-state index in [0.717, 1.165) is 12.8 Å². The summed E-state index contributed by atoms with van der Waals surface area (Å²) in [6, 6.07) is 4.10. The Morgan fingerprint density at radius 2 is 2.28 bits per heavy atom. The zero-order chi connectivity index (χ0) is 21.0. The number of nitrogens with one attached hydrogen (secondary N) is 2. The Morgan fingerprint density at radius 3 is 2.97 bits per heavy atom. The second-order valence-electron chi connectivity index (χ2n) is 6.64. The Bertz CT molecular complexity index is 999. The number of hydroxylamine groups is 1. The third-order valence-corrected chi connectivity index (χ3v) is 6.35. The van der Waals surface area contributed by atoms with Gasteiger partial charge in [0.25, 0.3) is 0 Å². The van der Waals surface area contributed by atoms with E-state index in [-0.39, 0.29) is 27.7 Å².